The molecule has 1 atom stereocenters. The Hall–Kier alpha value is -1.97. The van der Waals surface area contributed by atoms with Crippen LogP contribution in [-0.4, -0.2) is 13.4 Å². The third kappa shape index (κ3) is 4.66. The normalized spacial score (nSPS) is 12.6. The molecule has 0 aliphatic rings. The molecule has 0 saturated carbocycles. The van der Waals surface area contributed by atoms with Gasteiger partial charge in [0, 0.05) is 16.0 Å². The quantitative estimate of drug-likeness (QED) is 0.485. The van der Waals surface area contributed by atoms with Crippen molar-refractivity contribution in [3.05, 3.63) is 69.9 Å². The van der Waals surface area contributed by atoms with Crippen molar-refractivity contribution in [1.82, 2.24) is 4.98 Å². The average molecular weight is 470 g/mol. The topological polar surface area (TPSA) is 71.1 Å². The second-order valence-electron chi connectivity index (χ2n) is 5.72. The zero-order valence-electron chi connectivity index (χ0n) is 14.3. The number of sulfonamides is 1. The molecule has 0 aliphatic heterocycles. The first-order valence-electron chi connectivity index (χ1n) is 8.13. The summed E-state index contributed by atoms with van der Waals surface area (Å²) in [7, 11) is -4.07. The van der Waals surface area contributed by atoms with Crippen LogP contribution in [-0.2, 0) is 10.0 Å². The molecular formula is C18H17BrFN3O2S2. The zero-order valence-corrected chi connectivity index (χ0v) is 17.5. The SMILES string of the molecule is CCC(Nc1cc(F)c(S(=O)(=O)Nc2nccs2)cc1Br)c1ccccc1. The molecule has 0 aliphatic carbocycles. The van der Waals surface area contributed by atoms with Gasteiger partial charge >= 0.3 is 0 Å². The van der Waals surface area contributed by atoms with Crippen LogP contribution in [0.15, 0.2) is 63.4 Å². The summed E-state index contributed by atoms with van der Waals surface area (Å²) >= 11 is 4.47. The average Bonchev–Trinajstić information content (AvgIpc) is 3.15. The van der Waals surface area contributed by atoms with Gasteiger partial charge in [0.05, 0.1) is 11.7 Å². The van der Waals surface area contributed by atoms with E-state index in [-0.39, 0.29) is 11.2 Å². The molecular weight excluding hydrogens is 453 g/mol. The number of halogens is 2. The number of aromatic nitrogens is 1. The van der Waals surface area contributed by atoms with Crippen molar-refractivity contribution in [1.29, 1.82) is 0 Å². The van der Waals surface area contributed by atoms with E-state index in [1.807, 2.05) is 37.3 Å². The zero-order chi connectivity index (χ0) is 19.4. The fourth-order valence-electron chi connectivity index (χ4n) is 2.58. The molecule has 2 aromatic carbocycles. The summed E-state index contributed by atoms with van der Waals surface area (Å²) in [5.74, 6) is -0.840. The molecule has 1 aromatic heterocycles. The molecule has 5 nitrogen and oxygen atoms in total. The lowest BCUT2D eigenvalue weighted by Gasteiger charge is -2.20. The van der Waals surface area contributed by atoms with E-state index in [1.54, 1.807) is 5.38 Å². The minimum atomic E-state index is -4.07. The van der Waals surface area contributed by atoms with E-state index >= 15 is 0 Å². The summed E-state index contributed by atoms with van der Waals surface area (Å²) in [6, 6.07) is 12.2. The van der Waals surface area contributed by atoms with Crippen LogP contribution in [0.3, 0.4) is 0 Å². The van der Waals surface area contributed by atoms with Crippen molar-refractivity contribution in [2.45, 2.75) is 24.3 Å². The number of nitrogens with zero attached hydrogens (tertiary/aromatic N) is 1. The molecule has 9 heteroatoms. The van der Waals surface area contributed by atoms with E-state index in [1.165, 1.54) is 18.3 Å². The monoisotopic (exact) mass is 469 g/mol. The van der Waals surface area contributed by atoms with Gasteiger partial charge in [-0.3, -0.25) is 4.72 Å². The van der Waals surface area contributed by atoms with Gasteiger partial charge in [0.1, 0.15) is 10.7 Å². The fourth-order valence-corrected chi connectivity index (χ4v) is 5.07. The summed E-state index contributed by atoms with van der Waals surface area (Å²) in [5, 5.41) is 5.08. The van der Waals surface area contributed by atoms with E-state index in [0.29, 0.717) is 10.2 Å². The minimum Gasteiger partial charge on any atom is -0.377 e. The van der Waals surface area contributed by atoms with Crippen LogP contribution < -0.4 is 10.0 Å². The first-order chi connectivity index (χ1) is 12.9. The maximum absolute atomic E-state index is 14.6. The lowest BCUT2D eigenvalue weighted by molar-refractivity contribution is 0.570. The molecule has 1 unspecified atom stereocenters. The van der Waals surface area contributed by atoms with Crippen LogP contribution in [0.25, 0.3) is 0 Å². The van der Waals surface area contributed by atoms with Crippen molar-refractivity contribution in [3.8, 4) is 0 Å². The molecule has 0 bridgehead atoms. The largest absolute Gasteiger partial charge is 0.377 e. The highest BCUT2D eigenvalue weighted by Crippen LogP contribution is 2.33. The Kier molecular flexibility index (Phi) is 6.13. The second kappa shape index (κ2) is 8.37. The van der Waals surface area contributed by atoms with Crippen molar-refractivity contribution < 1.29 is 12.8 Å². The smallest absolute Gasteiger partial charge is 0.266 e. The maximum Gasteiger partial charge on any atom is 0.266 e. The first kappa shape index (κ1) is 19.8. The van der Waals surface area contributed by atoms with Gasteiger partial charge in [0.25, 0.3) is 10.0 Å². The Morgan fingerprint density at radius 1 is 1.26 bits per heavy atom. The molecule has 0 spiro atoms. The Morgan fingerprint density at radius 3 is 2.63 bits per heavy atom. The molecule has 0 amide bonds. The standard InChI is InChI=1S/C18H17BrFN3O2S2/c1-2-15(12-6-4-3-5-7-12)22-16-11-14(20)17(10-13(16)19)27(24,25)23-18-21-8-9-26-18/h3-11,15,22H,2H2,1H3,(H,21,23). The number of benzene rings is 2. The predicted octanol–water partition coefficient (Wildman–Crippen LogP) is 5.41. The van der Waals surface area contributed by atoms with Crippen molar-refractivity contribution in [3.63, 3.8) is 0 Å². The highest BCUT2D eigenvalue weighted by molar-refractivity contribution is 9.10. The second-order valence-corrected chi connectivity index (χ2v) is 9.12. The summed E-state index contributed by atoms with van der Waals surface area (Å²) in [6.45, 7) is 2.02. The summed E-state index contributed by atoms with van der Waals surface area (Å²) < 4.78 is 42.3. The van der Waals surface area contributed by atoms with E-state index in [0.717, 1.165) is 23.3 Å². The molecule has 2 N–H and O–H groups in total. The van der Waals surface area contributed by atoms with Crippen LogP contribution >= 0.6 is 27.3 Å². The van der Waals surface area contributed by atoms with E-state index in [9.17, 15) is 12.8 Å². The highest BCUT2D eigenvalue weighted by Gasteiger charge is 2.23. The van der Waals surface area contributed by atoms with Crippen LogP contribution in [0, 0.1) is 5.82 Å². The summed E-state index contributed by atoms with van der Waals surface area (Å²) in [6.07, 6.45) is 2.25. The van der Waals surface area contributed by atoms with Gasteiger partial charge in [0.2, 0.25) is 0 Å². The predicted molar refractivity (Wildman–Crippen MR) is 110 cm³/mol. The molecule has 3 aromatic rings. The molecule has 0 radical (unpaired) electrons. The maximum atomic E-state index is 14.6. The van der Waals surface area contributed by atoms with Gasteiger partial charge in [-0.25, -0.2) is 17.8 Å². The van der Waals surface area contributed by atoms with Crippen molar-refractivity contribution in [2.75, 3.05) is 10.0 Å². The van der Waals surface area contributed by atoms with Gasteiger partial charge in [-0.1, -0.05) is 37.3 Å². The highest BCUT2D eigenvalue weighted by atomic mass is 79.9. The van der Waals surface area contributed by atoms with Gasteiger partial charge in [-0.15, -0.1) is 11.3 Å². The lowest BCUT2D eigenvalue weighted by atomic mass is 10.0. The molecule has 1 heterocycles. The van der Waals surface area contributed by atoms with Crippen LogP contribution in [0.4, 0.5) is 15.2 Å². The molecule has 0 fully saturated rings. The number of hydrogen-bond acceptors (Lipinski definition) is 5. The van der Waals surface area contributed by atoms with E-state index in [4.69, 9.17) is 0 Å². The lowest BCUT2D eigenvalue weighted by Crippen LogP contribution is -2.15. The number of anilines is 2. The Morgan fingerprint density at radius 2 is 2.00 bits per heavy atom. The molecule has 27 heavy (non-hydrogen) atoms. The van der Waals surface area contributed by atoms with E-state index in [2.05, 4.69) is 31.0 Å². The molecule has 0 saturated heterocycles. The Bertz CT molecular complexity index is 1010. The number of rotatable bonds is 7. The van der Waals surface area contributed by atoms with Crippen LogP contribution in [0.5, 0.6) is 0 Å². The van der Waals surface area contributed by atoms with Crippen LogP contribution in [0.1, 0.15) is 24.9 Å². The summed E-state index contributed by atoms with van der Waals surface area (Å²) in [4.78, 5) is 3.42. The molecule has 142 valence electrons. The first-order valence-corrected chi connectivity index (χ1v) is 11.3. The van der Waals surface area contributed by atoms with Crippen molar-refractivity contribution in [2.24, 2.45) is 0 Å². The van der Waals surface area contributed by atoms with E-state index < -0.39 is 20.7 Å². The third-order valence-corrected chi connectivity index (χ3v) is 6.73. The fraction of sp³-hybridized carbons (Fsp3) is 0.167. The van der Waals surface area contributed by atoms with Crippen molar-refractivity contribution >= 4 is 48.1 Å². The number of nitrogens with one attached hydrogen (secondary N) is 2. The number of hydrogen-bond donors (Lipinski definition) is 2. The van der Waals surface area contributed by atoms with Gasteiger partial charge < -0.3 is 5.32 Å². The van der Waals surface area contributed by atoms with Gasteiger partial charge in [-0.2, -0.15) is 0 Å². The van der Waals surface area contributed by atoms with Crippen LogP contribution in [0.2, 0.25) is 0 Å². The van der Waals surface area contributed by atoms with Gasteiger partial charge in [0.15, 0.2) is 5.13 Å². The third-order valence-electron chi connectivity index (χ3n) is 3.91. The summed E-state index contributed by atoms with van der Waals surface area (Å²) in [5.41, 5.74) is 1.55. The number of thiazole rings is 1. The minimum absolute atomic E-state index is 0.0298. The van der Waals surface area contributed by atoms with Gasteiger partial charge in [-0.05, 0) is 40.0 Å². The Balaban J connectivity index is 1.88. The molecule has 3 rings (SSSR count). The Labute approximate surface area is 169 Å².